The van der Waals surface area contributed by atoms with Crippen molar-refractivity contribution in [3.63, 3.8) is 0 Å². The minimum Gasteiger partial charge on any atom is -0.389 e. The molecule has 3 heteroatoms. The number of rotatable bonds is 5. The summed E-state index contributed by atoms with van der Waals surface area (Å²) in [5.74, 6) is 0. The fourth-order valence-electron chi connectivity index (χ4n) is 1.61. The molecule has 1 aliphatic rings. The van der Waals surface area contributed by atoms with E-state index in [0.717, 1.165) is 32.5 Å². The van der Waals surface area contributed by atoms with E-state index in [1.54, 1.807) is 0 Å². The molecule has 0 aromatic heterocycles. The van der Waals surface area contributed by atoms with Gasteiger partial charge in [0.15, 0.2) is 0 Å². The van der Waals surface area contributed by atoms with Gasteiger partial charge in [-0.2, -0.15) is 0 Å². The quantitative estimate of drug-likeness (QED) is 0.577. The number of hydrogen-bond acceptors (Lipinski definition) is 3. The summed E-state index contributed by atoms with van der Waals surface area (Å²) in [6.07, 6.45) is 3.11. The summed E-state index contributed by atoms with van der Waals surface area (Å²) in [5, 5.41) is 16.5. The van der Waals surface area contributed by atoms with Gasteiger partial charge < -0.3 is 15.7 Å². The minimum absolute atomic E-state index is 0.190. The van der Waals surface area contributed by atoms with Crippen LogP contribution in [0.25, 0.3) is 0 Å². The van der Waals surface area contributed by atoms with E-state index in [9.17, 15) is 5.11 Å². The molecule has 14 heavy (non-hydrogen) atoms. The Kier molecular flexibility index (Phi) is 3.93. The molecule has 1 fully saturated rings. The van der Waals surface area contributed by atoms with Crippen molar-refractivity contribution in [2.24, 2.45) is 0 Å². The van der Waals surface area contributed by atoms with Crippen molar-refractivity contribution < 1.29 is 5.11 Å². The molecule has 0 spiro atoms. The Balaban J connectivity index is 1.94. The lowest BCUT2D eigenvalue weighted by Gasteiger charge is -2.36. The molecule has 0 bridgehead atoms. The summed E-state index contributed by atoms with van der Waals surface area (Å²) in [6.45, 7) is 9.11. The van der Waals surface area contributed by atoms with Crippen LogP contribution in [0.15, 0.2) is 0 Å². The molecular weight excluding hydrogens is 176 g/mol. The Morgan fingerprint density at radius 3 is 2.29 bits per heavy atom. The maximum Gasteiger partial charge on any atom is 0.0771 e. The van der Waals surface area contributed by atoms with Crippen LogP contribution in [-0.4, -0.2) is 35.9 Å². The highest BCUT2D eigenvalue weighted by molar-refractivity contribution is 4.89. The maximum atomic E-state index is 9.79. The molecule has 1 aliphatic carbocycles. The summed E-state index contributed by atoms with van der Waals surface area (Å²) in [5.41, 5.74) is -0.198. The largest absolute Gasteiger partial charge is 0.389 e. The van der Waals surface area contributed by atoms with Gasteiger partial charge in [-0.3, -0.25) is 0 Å². The second-order valence-electron chi connectivity index (χ2n) is 5.43. The van der Waals surface area contributed by atoms with Crippen LogP contribution in [0.3, 0.4) is 0 Å². The summed E-state index contributed by atoms with van der Waals surface area (Å²) in [7, 11) is 0. The Morgan fingerprint density at radius 1 is 1.21 bits per heavy atom. The molecule has 1 rings (SSSR count). The third-order valence-electron chi connectivity index (χ3n) is 2.70. The van der Waals surface area contributed by atoms with Gasteiger partial charge in [0.05, 0.1) is 5.60 Å². The Labute approximate surface area is 87.3 Å². The fraction of sp³-hybridized carbons (Fsp3) is 1.00. The lowest BCUT2D eigenvalue weighted by molar-refractivity contribution is -0.0310. The average molecular weight is 200 g/mol. The van der Waals surface area contributed by atoms with E-state index in [1.165, 1.54) is 6.42 Å². The molecule has 0 heterocycles. The van der Waals surface area contributed by atoms with Crippen LogP contribution < -0.4 is 10.6 Å². The van der Waals surface area contributed by atoms with Gasteiger partial charge in [0, 0.05) is 25.2 Å². The van der Waals surface area contributed by atoms with Crippen molar-refractivity contribution in [3.05, 3.63) is 0 Å². The number of hydrogen-bond donors (Lipinski definition) is 3. The first-order chi connectivity index (χ1) is 6.41. The lowest BCUT2D eigenvalue weighted by Crippen LogP contribution is -2.48. The molecule has 1 saturated carbocycles. The summed E-state index contributed by atoms with van der Waals surface area (Å²) in [4.78, 5) is 0. The first-order valence-electron chi connectivity index (χ1n) is 5.59. The second kappa shape index (κ2) is 4.60. The highest BCUT2D eigenvalue weighted by Gasteiger charge is 2.33. The minimum atomic E-state index is -0.387. The maximum absolute atomic E-state index is 9.79. The van der Waals surface area contributed by atoms with E-state index in [4.69, 9.17) is 0 Å². The van der Waals surface area contributed by atoms with Gasteiger partial charge in [0.1, 0.15) is 0 Å². The Morgan fingerprint density at radius 2 is 1.86 bits per heavy atom. The molecule has 0 aromatic carbocycles. The Bertz CT molecular complexity index is 171. The van der Waals surface area contributed by atoms with Gasteiger partial charge in [0.25, 0.3) is 0 Å². The molecule has 0 amide bonds. The first kappa shape index (κ1) is 12.0. The van der Waals surface area contributed by atoms with E-state index in [0.29, 0.717) is 0 Å². The van der Waals surface area contributed by atoms with Gasteiger partial charge in [-0.05, 0) is 40.0 Å². The predicted molar refractivity (Wildman–Crippen MR) is 59.4 cm³/mol. The van der Waals surface area contributed by atoms with Crippen LogP contribution in [0.5, 0.6) is 0 Å². The zero-order valence-corrected chi connectivity index (χ0v) is 9.69. The van der Waals surface area contributed by atoms with Gasteiger partial charge >= 0.3 is 0 Å². The van der Waals surface area contributed by atoms with Gasteiger partial charge in [0.2, 0.25) is 0 Å². The van der Waals surface area contributed by atoms with Crippen molar-refractivity contribution in [1.29, 1.82) is 0 Å². The SMILES string of the molecule is CC(C)(C)NCCNCC1(O)CCC1. The topological polar surface area (TPSA) is 44.3 Å². The van der Waals surface area contributed by atoms with Crippen molar-refractivity contribution >= 4 is 0 Å². The van der Waals surface area contributed by atoms with Crippen molar-refractivity contribution in [3.8, 4) is 0 Å². The van der Waals surface area contributed by atoms with Crippen molar-refractivity contribution in [2.45, 2.75) is 51.2 Å². The normalized spacial score (nSPS) is 20.6. The molecule has 0 aromatic rings. The van der Waals surface area contributed by atoms with Gasteiger partial charge in [-0.25, -0.2) is 0 Å². The summed E-state index contributed by atoms with van der Waals surface area (Å²) >= 11 is 0. The average Bonchev–Trinajstić information content (AvgIpc) is 1.98. The fourth-order valence-corrected chi connectivity index (χ4v) is 1.61. The smallest absolute Gasteiger partial charge is 0.0771 e. The van der Waals surface area contributed by atoms with E-state index >= 15 is 0 Å². The molecule has 3 nitrogen and oxygen atoms in total. The highest BCUT2D eigenvalue weighted by Crippen LogP contribution is 2.30. The molecule has 0 aliphatic heterocycles. The second-order valence-corrected chi connectivity index (χ2v) is 5.43. The van der Waals surface area contributed by atoms with E-state index < -0.39 is 0 Å². The monoisotopic (exact) mass is 200 g/mol. The van der Waals surface area contributed by atoms with Gasteiger partial charge in [-0.1, -0.05) is 0 Å². The first-order valence-corrected chi connectivity index (χ1v) is 5.59. The van der Waals surface area contributed by atoms with Crippen LogP contribution in [-0.2, 0) is 0 Å². The highest BCUT2D eigenvalue weighted by atomic mass is 16.3. The number of aliphatic hydroxyl groups is 1. The number of nitrogens with one attached hydrogen (secondary N) is 2. The molecule has 3 N–H and O–H groups in total. The molecule has 0 saturated heterocycles. The standard InChI is InChI=1S/C11H24N2O/c1-10(2,3)13-8-7-12-9-11(14)5-4-6-11/h12-14H,4-9H2,1-3H3. The molecular formula is C11H24N2O. The van der Waals surface area contributed by atoms with E-state index in [1.807, 2.05) is 0 Å². The summed E-state index contributed by atoms with van der Waals surface area (Å²) in [6, 6.07) is 0. The molecule has 0 unspecified atom stereocenters. The molecule has 0 atom stereocenters. The van der Waals surface area contributed by atoms with E-state index in [-0.39, 0.29) is 11.1 Å². The van der Waals surface area contributed by atoms with E-state index in [2.05, 4.69) is 31.4 Å². The lowest BCUT2D eigenvalue weighted by atomic mass is 9.80. The van der Waals surface area contributed by atoms with Crippen LogP contribution in [0, 0.1) is 0 Å². The van der Waals surface area contributed by atoms with Crippen LogP contribution in [0.2, 0.25) is 0 Å². The van der Waals surface area contributed by atoms with Crippen molar-refractivity contribution in [2.75, 3.05) is 19.6 Å². The molecule has 84 valence electrons. The zero-order valence-electron chi connectivity index (χ0n) is 9.69. The predicted octanol–water partition coefficient (Wildman–Crippen LogP) is 0.879. The van der Waals surface area contributed by atoms with Crippen LogP contribution in [0.4, 0.5) is 0 Å². The van der Waals surface area contributed by atoms with Crippen molar-refractivity contribution in [1.82, 2.24) is 10.6 Å². The Hall–Kier alpha value is -0.120. The zero-order chi connectivity index (χ0) is 10.7. The summed E-state index contributed by atoms with van der Waals surface area (Å²) < 4.78 is 0. The van der Waals surface area contributed by atoms with Crippen LogP contribution >= 0.6 is 0 Å². The van der Waals surface area contributed by atoms with Gasteiger partial charge in [-0.15, -0.1) is 0 Å². The third kappa shape index (κ3) is 4.40. The molecule has 0 radical (unpaired) electrons. The third-order valence-corrected chi connectivity index (χ3v) is 2.70. The van der Waals surface area contributed by atoms with Crippen LogP contribution in [0.1, 0.15) is 40.0 Å².